The fourth-order valence-electron chi connectivity index (χ4n) is 4.25. The number of rotatable bonds is 9. The largest absolute Gasteiger partial charge is 0.370 e. The molecule has 35 heavy (non-hydrogen) atoms. The van der Waals surface area contributed by atoms with Crippen LogP contribution in [-0.2, 0) is 6.42 Å². The molecule has 0 aliphatic heterocycles. The number of carbonyl (C=O) groups excluding carboxylic acids is 1. The molecule has 8 heteroatoms. The Balaban J connectivity index is 1.25. The highest BCUT2D eigenvalue weighted by atomic mass is 16.1. The van der Waals surface area contributed by atoms with E-state index in [0.717, 1.165) is 58.2 Å². The number of carbonyl (C=O) groups is 1. The quantitative estimate of drug-likeness (QED) is 0.385. The van der Waals surface area contributed by atoms with E-state index in [1.165, 1.54) is 12.8 Å². The third-order valence-corrected chi connectivity index (χ3v) is 6.36. The number of para-hydroxylation sites is 1. The van der Waals surface area contributed by atoms with Gasteiger partial charge in [0, 0.05) is 56.6 Å². The van der Waals surface area contributed by atoms with Gasteiger partial charge in [-0.3, -0.25) is 9.78 Å². The molecule has 0 unspecified atom stereocenters. The highest BCUT2D eigenvalue weighted by Crippen LogP contribution is 2.30. The molecule has 0 spiro atoms. The molecule has 8 nitrogen and oxygen atoms in total. The Hall–Kier alpha value is -4.07. The smallest absolute Gasteiger partial charge is 0.251 e. The molecule has 1 aliphatic rings. The number of benzene rings is 1. The summed E-state index contributed by atoms with van der Waals surface area (Å²) in [6, 6.07) is 13.7. The summed E-state index contributed by atoms with van der Waals surface area (Å²) in [5.41, 5.74) is 4.33. The average Bonchev–Trinajstić information content (AvgIpc) is 3.72. The number of nitrogens with one attached hydrogen (secondary N) is 2. The average molecular weight is 468 g/mol. The van der Waals surface area contributed by atoms with Crippen LogP contribution in [0.4, 0.5) is 11.6 Å². The molecule has 0 atom stereocenters. The summed E-state index contributed by atoms with van der Waals surface area (Å²) < 4.78 is 0. The van der Waals surface area contributed by atoms with Crippen LogP contribution in [0.3, 0.4) is 0 Å². The van der Waals surface area contributed by atoms with Crippen LogP contribution in [0.2, 0.25) is 0 Å². The standard InChI is InChI=1S/C27H29N7O/c1-28-27(35)22-11-13-30-26-19(4-3-5-21(22)26)10-12-29-24-14-23(32-17-33-24)20-8-9-25(31-15-20)34(2)16-18-6-7-18/h3-5,8-9,11,13-15,17-18H,6-7,10,12,16H2,1-2H3,(H,28,35)(H,29,32,33). The summed E-state index contributed by atoms with van der Waals surface area (Å²) in [4.78, 5) is 32.4. The molecular weight excluding hydrogens is 438 g/mol. The van der Waals surface area contributed by atoms with Crippen molar-refractivity contribution in [3.63, 3.8) is 0 Å². The fraction of sp³-hybridized carbons (Fsp3) is 0.296. The third kappa shape index (κ3) is 5.21. The van der Waals surface area contributed by atoms with Crippen LogP contribution in [0.1, 0.15) is 28.8 Å². The summed E-state index contributed by atoms with van der Waals surface area (Å²) in [5.74, 6) is 2.44. The summed E-state index contributed by atoms with van der Waals surface area (Å²) in [7, 11) is 3.73. The van der Waals surface area contributed by atoms with Gasteiger partial charge in [-0.2, -0.15) is 0 Å². The lowest BCUT2D eigenvalue weighted by Crippen LogP contribution is -2.20. The first-order valence-corrected chi connectivity index (χ1v) is 11.9. The van der Waals surface area contributed by atoms with E-state index < -0.39 is 0 Å². The molecule has 0 bridgehead atoms. The molecule has 1 amide bonds. The molecule has 178 valence electrons. The minimum absolute atomic E-state index is 0.113. The van der Waals surface area contributed by atoms with Gasteiger partial charge in [0.15, 0.2) is 0 Å². The molecule has 0 radical (unpaired) electrons. The molecule has 1 fully saturated rings. The maximum absolute atomic E-state index is 12.2. The van der Waals surface area contributed by atoms with Crippen molar-refractivity contribution >= 4 is 28.4 Å². The van der Waals surface area contributed by atoms with Crippen molar-refractivity contribution in [1.29, 1.82) is 0 Å². The zero-order chi connectivity index (χ0) is 24.2. The Labute approximate surface area is 204 Å². The Morgan fingerprint density at radius 1 is 1.09 bits per heavy atom. The van der Waals surface area contributed by atoms with E-state index in [1.54, 1.807) is 25.6 Å². The molecule has 5 rings (SSSR count). The van der Waals surface area contributed by atoms with Crippen molar-refractivity contribution in [3.05, 3.63) is 72.3 Å². The molecular formula is C27H29N7O. The number of nitrogens with zero attached hydrogens (tertiary/aromatic N) is 5. The van der Waals surface area contributed by atoms with Crippen molar-refractivity contribution in [2.24, 2.45) is 5.92 Å². The second kappa shape index (κ2) is 10.0. The Kier molecular flexibility index (Phi) is 6.52. The molecule has 1 saturated carbocycles. The second-order valence-electron chi connectivity index (χ2n) is 8.95. The number of anilines is 2. The number of fused-ring (bicyclic) bond motifs is 1. The molecule has 4 aromatic rings. The Morgan fingerprint density at radius 2 is 1.97 bits per heavy atom. The van der Waals surface area contributed by atoms with Crippen LogP contribution in [-0.4, -0.2) is 53.0 Å². The van der Waals surface area contributed by atoms with Crippen molar-refractivity contribution < 1.29 is 4.79 Å². The molecule has 3 aromatic heterocycles. The monoisotopic (exact) mass is 467 g/mol. The van der Waals surface area contributed by atoms with Gasteiger partial charge in [-0.1, -0.05) is 18.2 Å². The first-order chi connectivity index (χ1) is 17.1. The third-order valence-electron chi connectivity index (χ3n) is 6.36. The van der Waals surface area contributed by atoms with Gasteiger partial charge in [0.2, 0.25) is 0 Å². The number of amides is 1. The van der Waals surface area contributed by atoms with E-state index in [0.29, 0.717) is 12.1 Å². The topological polar surface area (TPSA) is 95.9 Å². The number of hydrogen-bond donors (Lipinski definition) is 2. The van der Waals surface area contributed by atoms with Crippen LogP contribution in [0.15, 0.2) is 61.2 Å². The molecule has 2 N–H and O–H groups in total. The molecule has 1 aliphatic carbocycles. The summed E-state index contributed by atoms with van der Waals surface area (Å²) >= 11 is 0. The lowest BCUT2D eigenvalue weighted by molar-refractivity contribution is 0.0964. The van der Waals surface area contributed by atoms with E-state index in [4.69, 9.17) is 0 Å². The normalized spacial score (nSPS) is 13.0. The van der Waals surface area contributed by atoms with E-state index in [9.17, 15) is 4.79 Å². The van der Waals surface area contributed by atoms with Crippen molar-refractivity contribution in [2.75, 3.05) is 37.4 Å². The van der Waals surface area contributed by atoms with Crippen molar-refractivity contribution in [2.45, 2.75) is 19.3 Å². The number of pyridine rings is 2. The second-order valence-corrected chi connectivity index (χ2v) is 8.95. The minimum atomic E-state index is -0.113. The van der Waals surface area contributed by atoms with E-state index in [1.807, 2.05) is 36.5 Å². The van der Waals surface area contributed by atoms with Crippen LogP contribution < -0.4 is 15.5 Å². The highest BCUT2D eigenvalue weighted by molar-refractivity contribution is 6.06. The summed E-state index contributed by atoms with van der Waals surface area (Å²) in [6.45, 7) is 1.73. The number of aromatic nitrogens is 4. The van der Waals surface area contributed by atoms with E-state index in [-0.39, 0.29) is 5.91 Å². The van der Waals surface area contributed by atoms with Crippen molar-refractivity contribution in [3.8, 4) is 11.3 Å². The van der Waals surface area contributed by atoms with Gasteiger partial charge < -0.3 is 15.5 Å². The van der Waals surface area contributed by atoms with Crippen LogP contribution in [0.5, 0.6) is 0 Å². The Bertz CT molecular complexity index is 1340. The summed E-state index contributed by atoms with van der Waals surface area (Å²) in [6.07, 6.45) is 8.52. The SMILES string of the molecule is CNC(=O)c1ccnc2c(CCNc3cc(-c4ccc(N(C)CC5CC5)nc4)ncn3)cccc12. The van der Waals surface area contributed by atoms with Crippen molar-refractivity contribution in [1.82, 2.24) is 25.3 Å². The molecule has 3 heterocycles. The van der Waals surface area contributed by atoms with Crippen LogP contribution in [0.25, 0.3) is 22.2 Å². The van der Waals surface area contributed by atoms with E-state index in [2.05, 4.69) is 48.6 Å². The fourth-order valence-corrected chi connectivity index (χ4v) is 4.25. The lowest BCUT2D eigenvalue weighted by atomic mass is 10.0. The zero-order valence-corrected chi connectivity index (χ0v) is 20.0. The maximum Gasteiger partial charge on any atom is 0.251 e. The van der Waals surface area contributed by atoms with Gasteiger partial charge in [-0.25, -0.2) is 15.0 Å². The maximum atomic E-state index is 12.2. The first-order valence-electron chi connectivity index (χ1n) is 11.9. The van der Waals surface area contributed by atoms with Gasteiger partial charge >= 0.3 is 0 Å². The van der Waals surface area contributed by atoms with Gasteiger partial charge in [-0.15, -0.1) is 0 Å². The van der Waals surface area contributed by atoms with Crippen LogP contribution >= 0.6 is 0 Å². The van der Waals surface area contributed by atoms with Gasteiger partial charge in [0.1, 0.15) is 18.0 Å². The predicted octanol–water partition coefficient (Wildman–Crippen LogP) is 3.95. The van der Waals surface area contributed by atoms with Gasteiger partial charge in [0.25, 0.3) is 5.91 Å². The lowest BCUT2D eigenvalue weighted by Gasteiger charge is -2.17. The predicted molar refractivity (Wildman–Crippen MR) is 139 cm³/mol. The van der Waals surface area contributed by atoms with Gasteiger partial charge in [0.05, 0.1) is 16.8 Å². The Morgan fingerprint density at radius 3 is 2.74 bits per heavy atom. The summed E-state index contributed by atoms with van der Waals surface area (Å²) in [5, 5.41) is 6.94. The van der Waals surface area contributed by atoms with Gasteiger partial charge in [-0.05, 0) is 48.9 Å². The zero-order valence-electron chi connectivity index (χ0n) is 20.0. The highest BCUT2D eigenvalue weighted by Gasteiger charge is 2.23. The van der Waals surface area contributed by atoms with E-state index >= 15 is 0 Å². The minimum Gasteiger partial charge on any atom is -0.370 e. The number of hydrogen-bond acceptors (Lipinski definition) is 7. The molecule has 1 aromatic carbocycles. The molecule has 0 saturated heterocycles. The first kappa shape index (κ1) is 22.7. The van der Waals surface area contributed by atoms with Crippen LogP contribution in [0, 0.1) is 5.92 Å².